The first-order chi connectivity index (χ1) is 5.42. The summed E-state index contributed by atoms with van der Waals surface area (Å²) in [6.07, 6.45) is 0.375. The van der Waals surface area contributed by atoms with E-state index in [1.807, 2.05) is 0 Å². The highest BCUT2D eigenvalue weighted by Crippen LogP contribution is 2.20. The van der Waals surface area contributed by atoms with Crippen molar-refractivity contribution in [2.75, 3.05) is 11.5 Å². The molecule has 12 heavy (non-hydrogen) atoms. The number of carboxylic acids is 1. The molecular weight excluding hydrogens is 180 g/mol. The predicted molar refractivity (Wildman–Crippen MR) is 43.6 cm³/mol. The van der Waals surface area contributed by atoms with Crippen LogP contribution in [0.25, 0.3) is 0 Å². The zero-order chi connectivity index (χ0) is 9.35. The molecule has 1 rings (SSSR count). The van der Waals surface area contributed by atoms with Crippen molar-refractivity contribution < 1.29 is 18.3 Å². The number of hydrogen-bond acceptors (Lipinski definition) is 3. The van der Waals surface area contributed by atoms with Crippen molar-refractivity contribution in [3.05, 3.63) is 11.1 Å². The maximum Gasteiger partial charge on any atom is 0.331 e. The molecule has 1 N–H and O–H groups in total. The summed E-state index contributed by atoms with van der Waals surface area (Å²) in [5, 5.41) is 8.56. The Morgan fingerprint density at radius 1 is 1.50 bits per heavy atom. The first kappa shape index (κ1) is 9.25. The van der Waals surface area contributed by atoms with E-state index >= 15 is 0 Å². The minimum absolute atomic E-state index is 0.0782. The number of sulfone groups is 1. The van der Waals surface area contributed by atoms with E-state index in [-0.39, 0.29) is 17.1 Å². The Hall–Kier alpha value is -0.840. The third-order valence-corrected chi connectivity index (χ3v) is 3.57. The Morgan fingerprint density at radius 2 is 2.08 bits per heavy atom. The summed E-state index contributed by atoms with van der Waals surface area (Å²) in [5.74, 6) is -1.01. The largest absolute Gasteiger partial charge is 0.478 e. The van der Waals surface area contributed by atoms with Gasteiger partial charge in [0.25, 0.3) is 0 Å². The number of carboxylic acid groups (broad SMARTS) is 1. The summed E-state index contributed by atoms with van der Waals surface area (Å²) >= 11 is 0. The molecule has 1 fully saturated rings. The molecule has 1 aliphatic heterocycles. The van der Waals surface area contributed by atoms with Gasteiger partial charge in [-0.2, -0.15) is 0 Å². The fourth-order valence-corrected chi connectivity index (χ4v) is 2.73. The molecule has 68 valence electrons. The Kier molecular flexibility index (Phi) is 2.23. The Labute approximate surface area is 70.8 Å². The average Bonchev–Trinajstić information content (AvgIpc) is 2.28. The molecule has 0 aromatic heterocycles. The van der Waals surface area contributed by atoms with E-state index in [1.54, 1.807) is 0 Å². The zero-order valence-electron chi connectivity index (χ0n) is 6.70. The molecule has 0 amide bonds. The van der Waals surface area contributed by atoms with Crippen molar-refractivity contribution in [1.82, 2.24) is 0 Å². The van der Waals surface area contributed by atoms with Crippen molar-refractivity contribution in [2.24, 2.45) is 0 Å². The van der Waals surface area contributed by atoms with E-state index < -0.39 is 15.8 Å². The van der Waals surface area contributed by atoms with Gasteiger partial charge in [0, 0.05) is 5.57 Å². The lowest BCUT2D eigenvalue weighted by Gasteiger charge is -1.96. The van der Waals surface area contributed by atoms with Crippen LogP contribution in [0, 0.1) is 0 Å². The van der Waals surface area contributed by atoms with E-state index in [9.17, 15) is 13.2 Å². The van der Waals surface area contributed by atoms with Crippen molar-refractivity contribution in [1.29, 1.82) is 0 Å². The van der Waals surface area contributed by atoms with E-state index in [0.29, 0.717) is 12.0 Å². The van der Waals surface area contributed by atoms with Gasteiger partial charge in [-0.15, -0.1) is 0 Å². The third kappa shape index (κ3) is 1.85. The van der Waals surface area contributed by atoms with Gasteiger partial charge in [-0.3, -0.25) is 0 Å². The number of hydrogen-bond donors (Lipinski definition) is 1. The fraction of sp³-hybridized carbons (Fsp3) is 0.571. The van der Waals surface area contributed by atoms with Gasteiger partial charge in [-0.05, 0) is 18.9 Å². The summed E-state index contributed by atoms with van der Waals surface area (Å²) in [5.41, 5.74) is 0.721. The fourth-order valence-electron chi connectivity index (χ4n) is 1.14. The third-order valence-electron chi connectivity index (χ3n) is 1.96. The predicted octanol–water partition coefficient (Wildman–Crippen LogP) is 0.206. The maximum atomic E-state index is 10.9. The molecule has 5 heteroatoms. The lowest BCUT2D eigenvalue weighted by atomic mass is 10.1. The van der Waals surface area contributed by atoms with Gasteiger partial charge in [-0.1, -0.05) is 0 Å². The van der Waals surface area contributed by atoms with Gasteiger partial charge in [0.05, 0.1) is 11.5 Å². The van der Waals surface area contributed by atoms with Gasteiger partial charge in [0.1, 0.15) is 0 Å². The lowest BCUT2D eigenvalue weighted by molar-refractivity contribution is -0.132. The average molecular weight is 190 g/mol. The van der Waals surface area contributed by atoms with Crippen molar-refractivity contribution in [3.63, 3.8) is 0 Å². The van der Waals surface area contributed by atoms with Crippen LogP contribution >= 0.6 is 0 Å². The molecule has 1 aliphatic rings. The SMILES string of the molecule is CC(C(=O)O)=C1CCS(=O)(=O)C1. The maximum absolute atomic E-state index is 10.9. The van der Waals surface area contributed by atoms with Gasteiger partial charge in [-0.25, -0.2) is 13.2 Å². The molecular formula is C7H10O4S. The van der Waals surface area contributed by atoms with Crippen LogP contribution in [0.5, 0.6) is 0 Å². The van der Waals surface area contributed by atoms with Gasteiger partial charge >= 0.3 is 5.97 Å². The summed E-state index contributed by atoms with van der Waals surface area (Å²) in [4.78, 5) is 10.4. The quantitative estimate of drug-likeness (QED) is 0.600. The Morgan fingerprint density at radius 3 is 2.42 bits per heavy atom. The normalized spacial score (nSPS) is 25.4. The minimum atomic E-state index is -3.00. The van der Waals surface area contributed by atoms with Crippen LogP contribution in [-0.4, -0.2) is 31.0 Å². The molecule has 1 heterocycles. The zero-order valence-corrected chi connectivity index (χ0v) is 7.52. The van der Waals surface area contributed by atoms with Crippen LogP contribution in [0.4, 0.5) is 0 Å². The smallest absolute Gasteiger partial charge is 0.331 e. The second kappa shape index (κ2) is 2.90. The first-order valence-electron chi connectivity index (χ1n) is 3.55. The second-order valence-corrected chi connectivity index (χ2v) is 5.06. The van der Waals surface area contributed by atoms with Crippen molar-refractivity contribution in [2.45, 2.75) is 13.3 Å². The highest BCUT2D eigenvalue weighted by atomic mass is 32.2. The molecule has 0 saturated carbocycles. The minimum Gasteiger partial charge on any atom is -0.478 e. The van der Waals surface area contributed by atoms with Crippen LogP contribution in [0.2, 0.25) is 0 Å². The number of aliphatic carboxylic acids is 1. The molecule has 0 bridgehead atoms. The van der Waals surface area contributed by atoms with Crippen molar-refractivity contribution >= 4 is 15.8 Å². The van der Waals surface area contributed by atoms with Crippen LogP contribution in [0.3, 0.4) is 0 Å². The highest BCUT2D eigenvalue weighted by Gasteiger charge is 2.25. The van der Waals surface area contributed by atoms with Gasteiger partial charge in [0.15, 0.2) is 9.84 Å². The Balaban J connectivity index is 2.96. The summed E-state index contributed by atoms with van der Waals surface area (Å²) in [6.45, 7) is 1.44. The van der Waals surface area contributed by atoms with E-state index in [4.69, 9.17) is 5.11 Å². The second-order valence-electron chi connectivity index (χ2n) is 2.88. The van der Waals surface area contributed by atoms with Gasteiger partial charge < -0.3 is 5.11 Å². The summed E-state index contributed by atoms with van der Waals surface area (Å²) < 4.78 is 21.9. The molecule has 0 aromatic rings. The van der Waals surface area contributed by atoms with Crippen molar-refractivity contribution in [3.8, 4) is 0 Å². The highest BCUT2D eigenvalue weighted by molar-refractivity contribution is 7.91. The van der Waals surface area contributed by atoms with E-state index in [2.05, 4.69) is 0 Å². The first-order valence-corrected chi connectivity index (χ1v) is 5.37. The summed E-state index contributed by atoms with van der Waals surface area (Å²) in [7, 11) is -3.00. The molecule has 0 spiro atoms. The Bertz CT molecular complexity index is 336. The van der Waals surface area contributed by atoms with Gasteiger partial charge in [0.2, 0.25) is 0 Å². The van der Waals surface area contributed by atoms with E-state index in [1.165, 1.54) is 6.92 Å². The number of rotatable bonds is 1. The summed E-state index contributed by atoms with van der Waals surface area (Å²) in [6, 6.07) is 0. The molecule has 0 unspecified atom stereocenters. The molecule has 0 aromatic carbocycles. The van der Waals surface area contributed by atoms with Crippen LogP contribution in [0.15, 0.2) is 11.1 Å². The lowest BCUT2D eigenvalue weighted by Crippen LogP contribution is -2.03. The van der Waals surface area contributed by atoms with Crippen LogP contribution in [-0.2, 0) is 14.6 Å². The van der Waals surface area contributed by atoms with Crippen LogP contribution in [0.1, 0.15) is 13.3 Å². The van der Waals surface area contributed by atoms with E-state index in [0.717, 1.165) is 0 Å². The molecule has 0 atom stereocenters. The monoisotopic (exact) mass is 190 g/mol. The van der Waals surface area contributed by atoms with Crippen LogP contribution < -0.4 is 0 Å². The molecule has 0 aliphatic carbocycles. The molecule has 0 radical (unpaired) electrons. The standard InChI is InChI=1S/C7H10O4S/c1-5(7(8)9)6-2-3-12(10,11)4-6/h2-4H2,1H3,(H,8,9). The topological polar surface area (TPSA) is 71.4 Å². The molecule has 1 saturated heterocycles. The molecule has 4 nitrogen and oxygen atoms in total. The number of carbonyl (C=O) groups is 1.